The zero-order valence-electron chi connectivity index (χ0n) is 12.6. The number of methoxy groups -OCH3 is 1. The Morgan fingerprint density at radius 2 is 2.20 bits per heavy atom. The lowest BCUT2D eigenvalue weighted by atomic mass is 9.84. The van der Waals surface area contributed by atoms with Gasteiger partial charge in [-0.3, -0.25) is 4.68 Å². The minimum absolute atomic E-state index is 0.282. The number of nitrogens with one attached hydrogen (secondary N) is 1. The predicted molar refractivity (Wildman–Crippen MR) is 82.1 cm³/mol. The zero-order chi connectivity index (χ0) is 14.4. The smallest absolute Gasteiger partial charge is 0.0834 e. The van der Waals surface area contributed by atoms with E-state index < -0.39 is 0 Å². The summed E-state index contributed by atoms with van der Waals surface area (Å²) in [4.78, 5) is 0. The third kappa shape index (κ3) is 3.96. The van der Waals surface area contributed by atoms with Crippen LogP contribution in [0.15, 0.2) is 6.20 Å². The summed E-state index contributed by atoms with van der Waals surface area (Å²) in [6, 6.07) is 0.282. The lowest BCUT2D eigenvalue weighted by Crippen LogP contribution is -2.25. The fourth-order valence-electron chi connectivity index (χ4n) is 3.20. The summed E-state index contributed by atoms with van der Waals surface area (Å²) in [5.41, 5.74) is 1.11. The molecule has 0 spiro atoms. The molecule has 1 heterocycles. The molecular formula is C15H26ClN3O. The van der Waals surface area contributed by atoms with Crippen molar-refractivity contribution in [1.29, 1.82) is 0 Å². The van der Waals surface area contributed by atoms with E-state index in [0.717, 1.165) is 29.6 Å². The number of nitrogens with zero attached hydrogens (tertiary/aromatic N) is 2. The van der Waals surface area contributed by atoms with Crippen LogP contribution in [0.5, 0.6) is 0 Å². The van der Waals surface area contributed by atoms with Gasteiger partial charge in [0.2, 0.25) is 0 Å². The number of hydrogen-bond donors (Lipinski definition) is 1. The van der Waals surface area contributed by atoms with Crippen molar-refractivity contribution in [1.82, 2.24) is 15.1 Å². The van der Waals surface area contributed by atoms with E-state index in [0.29, 0.717) is 6.61 Å². The average Bonchev–Trinajstić information content (AvgIpc) is 2.84. The van der Waals surface area contributed by atoms with Crippen molar-refractivity contribution < 1.29 is 4.74 Å². The first-order valence-electron chi connectivity index (χ1n) is 7.63. The van der Waals surface area contributed by atoms with Crippen LogP contribution >= 0.6 is 11.6 Å². The molecule has 1 unspecified atom stereocenters. The number of halogens is 1. The van der Waals surface area contributed by atoms with Crippen LogP contribution in [0.2, 0.25) is 5.02 Å². The molecule has 1 saturated carbocycles. The molecule has 1 aliphatic carbocycles. The van der Waals surface area contributed by atoms with E-state index in [9.17, 15) is 0 Å². The van der Waals surface area contributed by atoms with Gasteiger partial charge in [-0.15, -0.1) is 0 Å². The molecule has 1 fully saturated rings. The summed E-state index contributed by atoms with van der Waals surface area (Å²) in [6.45, 7) is 1.41. The molecule has 0 saturated heterocycles. The van der Waals surface area contributed by atoms with E-state index in [-0.39, 0.29) is 6.04 Å². The number of ether oxygens (including phenoxy) is 1. The first-order valence-corrected chi connectivity index (χ1v) is 8.01. The normalized spacial score (nSPS) is 18.4. The second-order valence-electron chi connectivity index (χ2n) is 5.67. The van der Waals surface area contributed by atoms with E-state index in [4.69, 9.17) is 16.3 Å². The molecule has 0 aliphatic heterocycles. The van der Waals surface area contributed by atoms with E-state index in [1.807, 2.05) is 11.7 Å². The van der Waals surface area contributed by atoms with Gasteiger partial charge in [0.05, 0.1) is 36.1 Å². The summed E-state index contributed by atoms with van der Waals surface area (Å²) in [5, 5.41) is 8.56. The molecule has 0 aromatic carbocycles. The SMILES string of the molecule is CNC(CC1CCCCC1)c1c(Cl)cnn1CCOC. The molecule has 1 aromatic heterocycles. The maximum Gasteiger partial charge on any atom is 0.0834 e. The number of hydrogen-bond acceptors (Lipinski definition) is 3. The molecule has 20 heavy (non-hydrogen) atoms. The second-order valence-corrected chi connectivity index (χ2v) is 6.08. The Morgan fingerprint density at radius 1 is 1.45 bits per heavy atom. The van der Waals surface area contributed by atoms with Gasteiger partial charge < -0.3 is 10.1 Å². The molecular weight excluding hydrogens is 274 g/mol. The summed E-state index contributed by atoms with van der Waals surface area (Å²) < 4.78 is 7.13. The van der Waals surface area contributed by atoms with Crippen LogP contribution in [0.3, 0.4) is 0 Å². The average molecular weight is 300 g/mol. The summed E-state index contributed by atoms with van der Waals surface area (Å²) in [7, 11) is 3.72. The standard InChI is InChI=1S/C15H26ClN3O/c1-17-14(10-12-6-4-3-5-7-12)15-13(16)11-18-19(15)8-9-20-2/h11-12,14,17H,3-10H2,1-2H3. The van der Waals surface area contributed by atoms with Crippen molar-refractivity contribution in [3.63, 3.8) is 0 Å². The fourth-order valence-corrected chi connectivity index (χ4v) is 3.47. The van der Waals surface area contributed by atoms with Gasteiger partial charge in [0.15, 0.2) is 0 Å². The zero-order valence-corrected chi connectivity index (χ0v) is 13.3. The highest BCUT2D eigenvalue weighted by Gasteiger charge is 2.23. The van der Waals surface area contributed by atoms with Crippen LogP contribution < -0.4 is 5.32 Å². The monoisotopic (exact) mass is 299 g/mol. The van der Waals surface area contributed by atoms with Gasteiger partial charge >= 0.3 is 0 Å². The summed E-state index contributed by atoms with van der Waals surface area (Å²) in [5.74, 6) is 0.808. The van der Waals surface area contributed by atoms with Crippen molar-refractivity contribution in [2.24, 2.45) is 5.92 Å². The first-order chi connectivity index (χ1) is 9.76. The third-order valence-electron chi connectivity index (χ3n) is 4.31. The topological polar surface area (TPSA) is 39.1 Å². The Morgan fingerprint density at radius 3 is 2.85 bits per heavy atom. The summed E-state index contributed by atoms with van der Waals surface area (Å²) >= 11 is 6.35. The molecule has 0 bridgehead atoms. The van der Waals surface area contributed by atoms with Crippen molar-refractivity contribution in [2.45, 2.75) is 51.1 Å². The van der Waals surface area contributed by atoms with Gasteiger partial charge in [-0.25, -0.2) is 0 Å². The minimum Gasteiger partial charge on any atom is -0.383 e. The first kappa shape index (κ1) is 15.8. The molecule has 4 nitrogen and oxygen atoms in total. The highest BCUT2D eigenvalue weighted by Crippen LogP contribution is 2.33. The third-order valence-corrected chi connectivity index (χ3v) is 4.60. The van der Waals surface area contributed by atoms with Crippen molar-refractivity contribution in [3.8, 4) is 0 Å². The van der Waals surface area contributed by atoms with E-state index in [1.165, 1.54) is 32.1 Å². The van der Waals surface area contributed by atoms with Crippen LogP contribution in [0, 0.1) is 5.92 Å². The number of aromatic nitrogens is 2. The molecule has 1 aromatic rings. The second kappa shape index (κ2) is 8.01. The van der Waals surface area contributed by atoms with E-state index >= 15 is 0 Å². The molecule has 0 radical (unpaired) electrons. The minimum atomic E-state index is 0.282. The van der Waals surface area contributed by atoms with Crippen LogP contribution in [0.25, 0.3) is 0 Å². The Kier molecular flexibility index (Phi) is 6.33. The van der Waals surface area contributed by atoms with Gasteiger partial charge in [-0.2, -0.15) is 5.10 Å². The van der Waals surface area contributed by atoms with Crippen LogP contribution in [0.4, 0.5) is 0 Å². The van der Waals surface area contributed by atoms with Gasteiger partial charge in [-0.05, 0) is 19.4 Å². The number of rotatable bonds is 7. The Hall–Kier alpha value is -0.580. The lowest BCUT2D eigenvalue weighted by molar-refractivity contribution is 0.181. The Labute approximate surface area is 126 Å². The van der Waals surface area contributed by atoms with Gasteiger partial charge in [0, 0.05) is 7.11 Å². The molecule has 1 N–H and O–H groups in total. The van der Waals surface area contributed by atoms with Gasteiger partial charge in [-0.1, -0.05) is 43.7 Å². The van der Waals surface area contributed by atoms with E-state index in [2.05, 4.69) is 10.4 Å². The largest absolute Gasteiger partial charge is 0.383 e. The highest BCUT2D eigenvalue weighted by atomic mass is 35.5. The maximum absolute atomic E-state index is 6.35. The molecule has 0 amide bonds. The predicted octanol–water partition coefficient (Wildman–Crippen LogP) is 3.41. The van der Waals surface area contributed by atoms with Crippen molar-refractivity contribution in [3.05, 3.63) is 16.9 Å². The molecule has 114 valence electrons. The maximum atomic E-state index is 6.35. The molecule has 1 aliphatic rings. The Balaban J connectivity index is 2.07. The van der Waals surface area contributed by atoms with Crippen molar-refractivity contribution >= 4 is 11.6 Å². The quantitative estimate of drug-likeness (QED) is 0.838. The van der Waals surface area contributed by atoms with Crippen LogP contribution in [-0.4, -0.2) is 30.5 Å². The fraction of sp³-hybridized carbons (Fsp3) is 0.800. The summed E-state index contributed by atoms with van der Waals surface area (Å²) in [6.07, 6.45) is 9.74. The van der Waals surface area contributed by atoms with Crippen LogP contribution in [0.1, 0.15) is 50.3 Å². The molecule has 5 heteroatoms. The molecule has 1 atom stereocenters. The molecule has 2 rings (SSSR count). The van der Waals surface area contributed by atoms with Crippen LogP contribution in [-0.2, 0) is 11.3 Å². The van der Waals surface area contributed by atoms with Crippen molar-refractivity contribution in [2.75, 3.05) is 20.8 Å². The van der Waals surface area contributed by atoms with Gasteiger partial charge in [0.1, 0.15) is 0 Å². The van der Waals surface area contributed by atoms with Gasteiger partial charge in [0.25, 0.3) is 0 Å². The van der Waals surface area contributed by atoms with E-state index in [1.54, 1.807) is 13.3 Å². The lowest BCUT2D eigenvalue weighted by Gasteiger charge is -2.27. The highest BCUT2D eigenvalue weighted by molar-refractivity contribution is 6.31. The Bertz CT molecular complexity index is 402.